The first-order valence-corrected chi connectivity index (χ1v) is 5.93. The SMILES string of the molecule is Cc1cc(C(=O)Nc2ccc3c(c2)NC(=O)CO3)no1. The molecule has 0 saturated carbocycles. The quantitative estimate of drug-likeness (QED) is 0.866. The maximum Gasteiger partial charge on any atom is 0.277 e. The van der Waals surface area contributed by atoms with E-state index in [0.29, 0.717) is 22.9 Å². The van der Waals surface area contributed by atoms with Gasteiger partial charge in [0.25, 0.3) is 11.8 Å². The summed E-state index contributed by atoms with van der Waals surface area (Å²) < 4.78 is 10.1. The highest BCUT2D eigenvalue weighted by atomic mass is 16.5. The molecule has 102 valence electrons. The van der Waals surface area contributed by atoms with E-state index in [4.69, 9.17) is 9.26 Å². The second kappa shape index (κ2) is 4.69. The van der Waals surface area contributed by atoms with Gasteiger partial charge in [-0.2, -0.15) is 0 Å². The van der Waals surface area contributed by atoms with Crippen molar-refractivity contribution in [1.82, 2.24) is 5.16 Å². The van der Waals surface area contributed by atoms with Crippen molar-refractivity contribution in [1.29, 1.82) is 0 Å². The van der Waals surface area contributed by atoms with Gasteiger partial charge in [-0.15, -0.1) is 0 Å². The molecule has 7 nitrogen and oxygen atoms in total. The number of hydrogen-bond donors (Lipinski definition) is 2. The molecule has 7 heteroatoms. The number of hydrogen-bond acceptors (Lipinski definition) is 5. The minimum absolute atomic E-state index is 0.00305. The van der Waals surface area contributed by atoms with Crippen molar-refractivity contribution in [2.24, 2.45) is 0 Å². The van der Waals surface area contributed by atoms with E-state index in [9.17, 15) is 9.59 Å². The summed E-state index contributed by atoms with van der Waals surface area (Å²) in [6.45, 7) is 1.70. The van der Waals surface area contributed by atoms with Crippen molar-refractivity contribution in [3.05, 3.63) is 35.7 Å². The fourth-order valence-electron chi connectivity index (χ4n) is 1.83. The number of anilines is 2. The lowest BCUT2D eigenvalue weighted by Crippen LogP contribution is -2.25. The van der Waals surface area contributed by atoms with Gasteiger partial charge < -0.3 is 19.9 Å². The molecule has 2 heterocycles. The molecule has 0 saturated heterocycles. The van der Waals surface area contributed by atoms with E-state index in [1.807, 2.05) is 0 Å². The summed E-state index contributed by atoms with van der Waals surface area (Å²) in [4.78, 5) is 23.1. The van der Waals surface area contributed by atoms with Crippen LogP contribution in [0.15, 0.2) is 28.8 Å². The molecular weight excluding hydrogens is 262 g/mol. The van der Waals surface area contributed by atoms with Crippen molar-refractivity contribution < 1.29 is 18.8 Å². The number of rotatable bonds is 2. The molecule has 0 radical (unpaired) electrons. The van der Waals surface area contributed by atoms with Crippen LogP contribution in [0.3, 0.4) is 0 Å². The normalized spacial score (nSPS) is 13.2. The zero-order valence-corrected chi connectivity index (χ0v) is 10.6. The van der Waals surface area contributed by atoms with E-state index in [-0.39, 0.29) is 24.1 Å². The maximum absolute atomic E-state index is 11.9. The van der Waals surface area contributed by atoms with Crippen LogP contribution < -0.4 is 15.4 Å². The molecule has 1 aliphatic rings. The van der Waals surface area contributed by atoms with Crippen LogP contribution in [0, 0.1) is 6.92 Å². The third kappa shape index (κ3) is 2.33. The highest BCUT2D eigenvalue weighted by Gasteiger charge is 2.17. The van der Waals surface area contributed by atoms with Gasteiger partial charge in [0.05, 0.1) is 5.69 Å². The molecule has 1 aromatic heterocycles. The van der Waals surface area contributed by atoms with Gasteiger partial charge in [-0.1, -0.05) is 5.16 Å². The third-order valence-corrected chi connectivity index (χ3v) is 2.73. The summed E-state index contributed by atoms with van der Waals surface area (Å²) in [7, 11) is 0. The van der Waals surface area contributed by atoms with E-state index in [2.05, 4.69) is 15.8 Å². The van der Waals surface area contributed by atoms with E-state index < -0.39 is 0 Å². The van der Waals surface area contributed by atoms with Crippen LogP contribution in [0.25, 0.3) is 0 Å². The number of amides is 2. The summed E-state index contributed by atoms with van der Waals surface area (Å²) in [5.74, 6) is 0.513. The van der Waals surface area contributed by atoms with Crippen LogP contribution in [0.2, 0.25) is 0 Å². The monoisotopic (exact) mass is 273 g/mol. The van der Waals surface area contributed by atoms with Crippen LogP contribution in [-0.2, 0) is 4.79 Å². The second-order valence-corrected chi connectivity index (χ2v) is 4.32. The molecule has 1 aliphatic heterocycles. The molecule has 0 bridgehead atoms. The van der Waals surface area contributed by atoms with Crippen molar-refractivity contribution in [2.45, 2.75) is 6.92 Å². The summed E-state index contributed by atoms with van der Waals surface area (Å²) in [5.41, 5.74) is 1.25. The number of nitrogens with one attached hydrogen (secondary N) is 2. The topological polar surface area (TPSA) is 93.5 Å². The molecular formula is C13H11N3O4. The fraction of sp³-hybridized carbons (Fsp3) is 0.154. The van der Waals surface area contributed by atoms with Crippen LogP contribution in [0.5, 0.6) is 5.75 Å². The smallest absolute Gasteiger partial charge is 0.277 e. The van der Waals surface area contributed by atoms with Gasteiger partial charge in [0.1, 0.15) is 11.5 Å². The van der Waals surface area contributed by atoms with Crippen LogP contribution in [0.1, 0.15) is 16.2 Å². The Morgan fingerprint density at radius 3 is 3.00 bits per heavy atom. The van der Waals surface area contributed by atoms with Crippen molar-refractivity contribution >= 4 is 23.2 Å². The maximum atomic E-state index is 11.9. The van der Waals surface area contributed by atoms with Crippen LogP contribution >= 0.6 is 0 Å². The van der Waals surface area contributed by atoms with Gasteiger partial charge in [-0.25, -0.2) is 0 Å². The van der Waals surface area contributed by atoms with Crippen molar-refractivity contribution in [3.8, 4) is 5.75 Å². The lowest BCUT2D eigenvalue weighted by molar-refractivity contribution is -0.118. The van der Waals surface area contributed by atoms with E-state index in [1.165, 1.54) is 0 Å². The molecule has 1 aromatic carbocycles. The number of carbonyl (C=O) groups excluding carboxylic acids is 2. The Bertz CT molecular complexity index is 693. The lowest BCUT2D eigenvalue weighted by atomic mass is 10.2. The van der Waals surface area contributed by atoms with Gasteiger partial charge in [-0.05, 0) is 25.1 Å². The largest absolute Gasteiger partial charge is 0.482 e. The number of aromatic nitrogens is 1. The van der Waals surface area contributed by atoms with E-state index >= 15 is 0 Å². The Labute approximate surface area is 113 Å². The Hall–Kier alpha value is -2.83. The lowest BCUT2D eigenvalue weighted by Gasteiger charge is -2.18. The van der Waals surface area contributed by atoms with Gasteiger partial charge in [-0.3, -0.25) is 9.59 Å². The molecule has 3 rings (SSSR count). The van der Waals surface area contributed by atoms with Crippen molar-refractivity contribution in [3.63, 3.8) is 0 Å². The zero-order valence-electron chi connectivity index (χ0n) is 10.6. The summed E-state index contributed by atoms with van der Waals surface area (Å²) in [6.07, 6.45) is 0. The van der Waals surface area contributed by atoms with Crippen molar-refractivity contribution in [2.75, 3.05) is 17.2 Å². The highest BCUT2D eigenvalue weighted by molar-refractivity contribution is 6.03. The standard InChI is InChI=1S/C13H11N3O4/c1-7-4-10(16-20-7)13(18)14-8-2-3-11-9(5-8)15-12(17)6-19-11/h2-5H,6H2,1H3,(H,14,18)(H,15,17). The first kappa shape index (κ1) is 12.2. The predicted molar refractivity (Wildman–Crippen MR) is 69.8 cm³/mol. The molecule has 0 spiro atoms. The predicted octanol–water partition coefficient (Wildman–Crippen LogP) is 1.57. The number of ether oxygens (including phenoxy) is 1. The minimum atomic E-state index is -0.384. The molecule has 2 aromatic rings. The summed E-state index contributed by atoms with van der Waals surface area (Å²) in [5, 5.41) is 8.97. The molecule has 0 fully saturated rings. The number of carbonyl (C=O) groups is 2. The van der Waals surface area contributed by atoms with Gasteiger partial charge in [0.15, 0.2) is 12.3 Å². The Balaban J connectivity index is 1.80. The number of aryl methyl sites for hydroxylation is 1. The van der Waals surface area contributed by atoms with E-state index in [0.717, 1.165) is 0 Å². The van der Waals surface area contributed by atoms with Gasteiger partial charge >= 0.3 is 0 Å². The molecule has 0 atom stereocenters. The Kier molecular flexibility index (Phi) is 2.86. The fourth-order valence-corrected chi connectivity index (χ4v) is 1.83. The summed E-state index contributed by atoms with van der Waals surface area (Å²) in [6, 6.07) is 6.52. The average Bonchev–Trinajstić information content (AvgIpc) is 2.85. The number of benzene rings is 1. The van der Waals surface area contributed by atoms with Crippen LogP contribution in [-0.4, -0.2) is 23.6 Å². The molecule has 0 aliphatic carbocycles. The van der Waals surface area contributed by atoms with Gasteiger partial charge in [0.2, 0.25) is 0 Å². The first-order valence-electron chi connectivity index (χ1n) is 5.93. The number of nitrogens with zero attached hydrogens (tertiary/aromatic N) is 1. The molecule has 0 unspecified atom stereocenters. The highest BCUT2D eigenvalue weighted by Crippen LogP contribution is 2.30. The minimum Gasteiger partial charge on any atom is -0.482 e. The molecule has 20 heavy (non-hydrogen) atoms. The van der Waals surface area contributed by atoms with Crippen LogP contribution in [0.4, 0.5) is 11.4 Å². The van der Waals surface area contributed by atoms with Gasteiger partial charge in [0, 0.05) is 11.8 Å². The second-order valence-electron chi connectivity index (χ2n) is 4.32. The molecule has 2 amide bonds. The Morgan fingerprint density at radius 1 is 1.40 bits per heavy atom. The Morgan fingerprint density at radius 2 is 2.25 bits per heavy atom. The zero-order chi connectivity index (χ0) is 14.1. The first-order chi connectivity index (χ1) is 9.61. The summed E-state index contributed by atoms with van der Waals surface area (Å²) >= 11 is 0. The average molecular weight is 273 g/mol. The molecule has 2 N–H and O–H groups in total. The number of fused-ring (bicyclic) bond motifs is 1. The third-order valence-electron chi connectivity index (χ3n) is 2.73. The van der Waals surface area contributed by atoms with E-state index in [1.54, 1.807) is 31.2 Å².